The van der Waals surface area contributed by atoms with Crippen LogP contribution in [0.2, 0.25) is 0 Å². The molecule has 134 valence electrons. The van der Waals surface area contributed by atoms with Gasteiger partial charge in [0.05, 0.1) is 4.90 Å². The van der Waals surface area contributed by atoms with Crippen molar-refractivity contribution in [3.05, 3.63) is 53.6 Å². The van der Waals surface area contributed by atoms with Gasteiger partial charge in [-0.1, -0.05) is 30.3 Å². The van der Waals surface area contributed by atoms with Crippen LogP contribution in [-0.4, -0.2) is 36.4 Å². The Labute approximate surface area is 147 Å². The Hall–Kier alpha value is -1.73. The van der Waals surface area contributed by atoms with Crippen molar-refractivity contribution in [2.75, 3.05) is 13.2 Å². The molecular weight excluding hydrogens is 340 g/mol. The van der Waals surface area contributed by atoms with E-state index in [1.807, 2.05) is 24.3 Å². The maximum Gasteiger partial charge on any atom is 0.294 e. The van der Waals surface area contributed by atoms with E-state index in [-0.39, 0.29) is 23.5 Å². The lowest BCUT2D eigenvalue weighted by atomic mass is 9.71. The third-order valence-electron chi connectivity index (χ3n) is 5.06. The zero-order valence-electron chi connectivity index (χ0n) is 13.9. The molecule has 3 rings (SSSR count). The van der Waals surface area contributed by atoms with E-state index in [1.54, 1.807) is 6.07 Å². The number of fused-ring (bicyclic) bond motifs is 3. The van der Waals surface area contributed by atoms with Crippen molar-refractivity contribution in [3.63, 3.8) is 0 Å². The molecule has 1 aliphatic rings. The summed E-state index contributed by atoms with van der Waals surface area (Å²) < 4.78 is 32.5. The monoisotopic (exact) mass is 362 g/mol. The molecule has 0 radical (unpaired) electrons. The van der Waals surface area contributed by atoms with Crippen molar-refractivity contribution in [1.82, 2.24) is 0 Å². The molecule has 0 heterocycles. The standard InChI is InChI=1S/C19H22O5S/c20-11-3-9-19(10-4-12-21)17-6-2-1-5-15(17)16-13-14(25(22,23)24)7-8-18(16)19/h1-2,5-8,13,20-21H,3-4,9-12H2,(H,22,23,24). The van der Waals surface area contributed by atoms with E-state index in [0.717, 1.165) is 22.3 Å². The number of rotatable bonds is 7. The maximum atomic E-state index is 11.5. The molecule has 1 aliphatic carbocycles. The molecule has 0 aromatic heterocycles. The fourth-order valence-electron chi connectivity index (χ4n) is 4.03. The van der Waals surface area contributed by atoms with Crippen molar-refractivity contribution in [2.24, 2.45) is 0 Å². The van der Waals surface area contributed by atoms with Gasteiger partial charge in [-0.3, -0.25) is 4.55 Å². The SMILES string of the molecule is O=S(=O)(O)c1ccc2c(c1)-c1ccccc1C2(CCCO)CCCO. The summed E-state index contributed by atoms with van der Waals surface area (Å²) in [4.78, 5) is -0.124. The second-order valence-corrected chi connectivity index (χ2v) is 7.89. The van der Waals surface area contributed by atoms with Crippen LogP contribution >= 0.6 is 0 Å². The Kier molecular flexibility index (Phi) is 4.97. The van der Waals surface area contributed by atoms with Crippen LogP contribution in [0, 0.1) is 0 Å². The molecule has 0 bridgehead atoms. The molecule has 0 spiro atoms. The predicted octanol–water partition coefficient (Wildman–Crippen LogP) is 2.74. The molecule has 3 N–H and O–H groups in total. The number of benzene rings is 2. The minimum Gasteiger partial charge on any atom is -0.396 e. The maximum absolute atomic E-state index is 11.5. The Morgan fingerprint density at radius 2 is 1.44 bits per heavy atom. The highest BCUT2D eigenvalue weighted by Gasteiger charge is 2.42. The first-order valence-electron chi connectivity index (χ1n) is 8.37. The van der Waals surface area contributed by atoms with E-state index in [9.17, 15) is 23.2 Å². The normalized spacial score (nSPS) is 15.0. The van der Waals surface area contributed by atoms with Crippen LogP contribution in [0.15, 0.2) is 47.4 Å². The number of hydrogen-bond donors (Lipinski definition) is 3. The predicted molar refractivity (Wildman–Crippen MR) is 95.1 cm³/mol. The van der Waals surface area contributed by atoms with Crippen LogP contribution in [0.1, 0.15) is 36.8 Å². The first-order chi connectivity index (χ1) is 11.9. The average Bonchev–Trinajstić information content (AvgIpc) is 2.88. The minimum absolute atomic E-state index is 0.0709. The highest BCUT2D eigenvalue weighted by Crippen LogP contribution is 2.53. The second-order valence-electron chi connectivity index (χ2n) is 6.46. The van der Waals surface area contributed by atoms with E-state index in [2.05, 4.69) is 0 Å². The van der Waals surface area contributed by atoms with Crippen LogP contribution in [-0.2, 0) is 15.5 Å². The van der Waals surface area contributed by atoms with Gasteiger partial charge in [-0.25, -0.2) is 0 Å². The largest absolute Gasteiger partial charge is 0.396 e. The van der Waals surface area contributed by atoms with Gasteiger partial charge in [-0.15, -0.1) is 0 Å². The fraction of sp³-hybridized carbons (Fsp3) is 0.368. The molecule has 0 atom stereocenters. The van der Waals surface area contributed by atoms with Crippen LogP contribution in [0.5, 0.6) is 0 Å². The highest BCUT2D eigenvalue weighted by molar-refractivity contribution is 7.85. The molecule has 5 nitrogen and oxygen atoms in total. The third kappa shape index (κ3) is 3.11. The molecule has 0 saturated carbocycles. The summed E-state index contributed by atoms with van der Waals surface area (Å²) in [7, 11) is -4.28. The molecule has 0 amide bonds. The highest BCUT2D eigenvalue weighted by atomic mass is 32.2. The lowest BCUT2D eigenvalue weighted by molar-refractivity contribution is 0.247. The van der Waals surface area contributed by atoms with Gasteiger partial charge in [0.1, 0.15) is 0 Å². The van der Waals surface area contributed by atoms with E-state index in [1.165, 1.54) is 12.1 Å². The quantitative estimate of drug-likeness (QED) is 0.658. The molecule has 2 aromatic rings. The van der Waals surface area contributed by atoms with Crippen LogP contribution in [0.3, 0.4) is 0 Å². The number of aliphatic hydroxyl groups excluding tert-OH is 2. The molecule has 0 aliphatic heterocycles. The Balaban J connectivity index is 2.24. The molecule has 0 saturated heterocycles. The fourth-order valence-corrected chi connectivity index (χ4v) is 4.54. The smallest absolute Gasteiger partial charge is 0.294 e. The van der Waals surface area contributed by atoms with Gasteiger partial charge in [-0.2, -0.15) is 8.42 Å². The summed E-state index contributed by atoms with van der Waals surface area (Å²) in [5.41, 5.74) is 3.44. The van der Waals surface area contributed by atoms with Crippen molar-refractivity contribution in [2.45, 2.75) is 36.0 Å². The molecule has 2 aromatic carbocycles. The van der Waals surface area contributed by atoms with Gasteiger partial charge in [0.2, 0.25) is 0 Å². The molecule has 6 heteroatoms. The zero-order valence-corrected chi connectivity index (χ0v) is 14.7. The van der Waals surface area contributed by atoms with Gasteiger partial charge < -0.3 is 10.2 Å². The van der Waals surface area contributed by atoms with E-state index in [0.29, 0.717) is 25.7 Å². The lowest BCUT2D eigenvalue weighted by Crippen LogP contribution is -2.26. The summed E-state index contributed by atoms with van der Waals surface area (Å²) in [6.45, 7) is 0.142. The summed E-state index contributed by atoms with van der Waals surface area (Å²) in [5.74, 6) is 0. The van der Waals surface area contributed by atoms with Gasteiger partial charge in [0, 0.05) is 18.6 Å². The van der Waals surface area contributed by atoms with Gasteiger partial charge in [0.15, 0.2) is 0 Å². The molecular formula is C19H22O5S. The summed E-state index contributed by atoms with van der Waals surface area (Å²) in [5, 5.41) is 18.7. The number of hydrogen-bond acceptors (Lipinski definition) is 4. The van der Waals surface area contributed by atoms with Gasteiger partial charge in [0.25, 0.3) is 10.1 Å². The van der Waals surface area contributed by atoms with Crippen molar-refractivity contribution in [1.29, 1.82) is 0 Å². The van der Waals surface area contributed by atoms with Crippen LogP contribution < -0.4 is 0 Å². The lowest BCUT2D eigenvalue weighted by Gasteiger charge is -2.32. The summed E-state index contributed by atoms with van der Waals surface area (Å²) >= 11 is 0. The summed E-state index contributed by atoms with van der Waals surface area (Å²) in [6.07, 6.45) is 2.63. The third-order valence-corrected chi connectivity index (χ3v) is 5.91. The Morgan fingerprint density at radius 1 is 0.840 bits per heavy atom. The molecule has 0 fully saturated rings. The molecule has 25 heavy (non-hydrogen) atoms. The number of aliphatic hydroxyl groups is 2. The summed E-state index contributed by atoms with van der Waals surface area (Å²) in [6, 6.07) is 12.5. The Morgan fingerprint density at radius 3 is 2.04 bits per heavy atom. The zero-order chi connectivity index (χ0) is 18.1. The average molecular weight is 362 g/mol. The first kappa shape index (κ1) is 18.1. The van der Waals surface area contributed by atoms with Crippen molar-refractivity contribution >= 4 is 10.1 Å². The van der Waals surface area contributed by atoms with E-state index in [4.69, 9.17) is 0 Å². The molecule has 0 unspecified atom stereocenters. The van der Waals surface area contributed by atoms with Crippen LogP contribution in [0.25, 0.3) is 11.1 Å². The van der Waals surface area contributed by atoms with Gasteiger partial charge in [-0.05, 0) is 60.1 Å². The van der Waals surface area contributed by atoms with E-state index >= 15 is 0 Å². The minimum atomic E-state index is -4.28. The topological polar surface area (TPSA) is 94.8 Å². The second kappa shape index (κ2) is 6.88. The first-order valence-corrected chi connectivity index (χ1v) is 9.82. The van der Waals surface area contributed by atoms with Crippen LogP contribution in [0.4, 0.5) is 0 Å². The van der Waals surface area contributed by atoms with Gasteiger partial charge >= 0.3 is 0 Å². The van der Waals surface area contributed by atoms with E-state index < -0.39 is 10.1 Å². The van der Waals surface area contributed by atoms with Crippen molar-refractivity contribution in [3.8, 4) is 11.1 Å². The Bertz CT molecular complexity index is 865. The van der Waals surface area contributed by atoms with Crippen molar-refractivity contribution < 1.29 is 23.2 Å².